The van der Waals surface area contributed by atoms with E-state index in [2.05, 4.69) is 25.7 Å². The second-order valence-electron chi connectivity index (χ2n) is 4.56. The Morgan fingerprint density at radius 1 is 0.958 bits per heavy atom. The fraction of sp³-hybridized carbons (Fsp3) is 0.609. The summed E-state index contributed by atoms with van der Waals surface area (Å²) in [5.74, 6) is 0.825. The minimum Gasteiger partial charge on any atom is -0.300 e. The Balaban J connectivity index is -0.000000132. The van der Waals surface area contributed by atoms with Gasteiger partial charge in [-0.25, -0.2) is 0 Å². The summed E-state index contributed by atoms with van der Waals surface area (Å²) >= 11 is 0. The molecule has 1 rings (SSSR count). The van der Waals surface area contributed by atoms with E-state index in [4.69, 9.17) is 0 Å². The van der Waals surface area contributed by atoms with Gasteiger partial charge in [-0.05, 0) is 51.7 Å². The molecule has 1 aliphatic carbocycles. The average Bonchev–Trinajstić information content (AvgIpc) is 2.58. The fourth-order valence-electron chi connectivity index (χ4n) is 1.66. The molecule has 1 fully saturated rings. The molecule has 0 radical (unpaired) electrons. The van der Waals surface area contributed by atoms with Crippen molar-refractivity contribution in [1.29, 1.82) is 0 Å². The minimum atomic E-state index is 0.381. The van der Waals surface area contributed by atoms with Crippen molar-refractivity contribution in [3.63, 3.8) is 0 Å². The van der Waals surface area contributed by atoms with E-state index in [0.717, 1.165) is 12.8 Å². The zero-order valence-electron chi connectivity index (χ0n) is 18.2. The van der Waals surface area contributed by atoms with Crippen molar-refractivity contribution in [2.45, 2.75) is 88.5 Å². The number of hydrogen-bond acceptors (Lipinski definition) is 1. The Kier molecular flexibility index (Phi) is 33.7. The van der Waals surface area contributed by atoms with E-state index in [-0.39, 0.29) is 0 Å². The fourth-order valence-corrected chi connectivity index (χ4v) is 1.66. The van der Waals surface area contributed by atoms with Gasteiger partial charge in [-0.1, -0.05) is 84.9 Å². The predicted molar refractivity (Wildman–Crippen MR) is 115 cm³/mol. The molecule has 0 spiro atoms. The highest BCUT2D eigenvalue weighted by molar-refractivity contribution is 5.78. The van der Waals surface area contributed by atoms with Crippen LogP contribution in [0.5, 0.6) is 0 Å². The molecule has 0 aromatic carbocycles. The molecule has 0 N–H and O–H groups in total. The van der Waals surface area contributed by atoms with Crippen LogP contribution in [0.25, 0.3) is 0 Å². The molecule has 0 saturated heterocycles. The van der Waals surface area contributed by atoms with Gasteiger partial charge in [0.05, 0.1) is 0 Å². The van der Waals surface area contributed by atoms with Crippen molar-refractivity contribution in [1.82, 2.24) is 0 Å². The van der Waals surface area contributed by atoms with E-state index < -0.39 is 0 Å². The van der Waals surface area contributed by atoms with Crippen molar-refractivity contribution in [2.24, 2.45) is 5.92 Å². The molecule has 1 aliphatic rings. The third-order valence-corrected chi connectivity index (χ3v) is 3.21. The van der Waals surface area contributed by atoms with Gasteiger partial charge in [-0.2, -0.15) is 0 Å². The molecule has 1 saturated carbocycles. The van der Waals surface area contributed by atoms with E-state index in [0.29, 0.717) is 11.7 Å². The lowest BCUT2D eigenvalue weighted by molar-refractivity contribution is -0.122. The van der Waals surface area contributed by atoms with Crippen molar-refractivity contribution < 1.29 is 4.79 Å². The standard InChI is InChI=1S/C11H16.C6H10O.3C2H6/c1-5-8-9-10(4)11(6-2)7-3;1-5(7)6-3-2-4-6;3*1-2/h5-9H,2H2,1,3-4H3;6H,2-4H2,1H3;3*1-2H3/b8-5-,10-9-,11-7-;;;;. The van der Waals surface area contributed by atoms with E-state index in [1.54, 1.807) is 6.92 Å². The van der Waals surface area contributed by atoms with Crippen molar-refractivity contribution in [3.8, 4) is 0 Å². The lowest BCUT2D eigenvalue weighted by Crippen LogP contribution is -2.18. The van der Waals surface area contributed by atoms with Gasteiger partial charge in [-0.15, -0.1) is 0 Å². The third-order valence-electron chi connectivity index (χ3n) is 3.21. The van der Waals surface area contributed by atoms with Gasteiger partial charge in [-0.3, -0.25) is 4.79 Å². The molecular weight excluding hydrogens is 292 g/mol. The van der Waals surface area contributed by atoms with Crippen LogP contribution < -0.4 is 0 Å². The summed E-state index contributed by atoms with van der Waals surface area (Å²) in [5, 5.41) is 0. The summed E-state index contributed by atoms with van der Waals surface area (Å²) in [6, 6.07) is 0. The topological polar surface area (TPSA) is 17.1 Å². The summed E-state index contributed by atoms with van der Waals surface area (Å²) in [4.78, 5) is 10.4. The second-order valence-corrected chi connectivity index (χ2v) is 4.56. The van der Waals surface area contributed by atoms with Crippen LogP contribution in [0.2, 0.25) is 0 Å². The molecule has 0 aliphatic heterocycles. The molecule has 0 heterocycles. The summed E-state index contributed by atoms with van der Waals surface area (Å²) in [5.41, 5.74) is 2.45. The van der Waals surface area contributed by atoms with Crippen LogP contribution in [0, 0.1) is 5.92 Å². The highest BCUT2D eigenvalue weighted by Gasteiger charge is 2.20. The average molecular weight is 337 g/mol. The third kappa shape index (κ3) is 18.7. The number of carbonyl (C=O) groups is 1. The molecule has 1 heteroatoms. The van der Waals surface area contributed by atoms with Crippen molar-refractivity contribution in [2.75, 3.05) is 0 Å². The summed E-state index contributed by atoms with van der Waals surface area (Å²) in [6.45, 7) is 23.5. The van der Waals surface area contributed by atoms with Crippen LogP contribution in [0.15, 0.2) is 48.1 Å². The van der Waals surface area contributed by atoms with Gasteiger partial charge in [0, 0.05) is 5.92 Å². The number of hydrogen-bond donors (Lipinski definition) is 0. The predicted octanol–water partition coefficient (Wildman–Crippen LogP) is 8.10. The summed E-state index contributed by atoms with van der Waals surface area (Å²) in [7, 11) is 0. The Labute approximate surface area is 153 Å². The van der Waals surface area contributed by atoms with Crippen LogP contribution in [0.1, 0.15) is 88.5 Å². The van der Waals surface area contributed by atoms with E-state index >= 15 is 0 Å². The largest absolute Gasteiger partial charge is 0.300 e. The molecule has 0 atom stereocenters. The van der Waals surface area contributed by atoms with Crippen LogP contribution in [-0.4, -0.2) is 5.78 Å². The number of allylic oxidation sites excluding steroid dienone is 7. The lowest BCUT2D eigenvalue weighted by atomic mass is 9.83. The van der Waals surface area contributed by atoms with Crippen LogP contribution in [0.3, 0.4) is 0 Å². The van der Waals surface area contributed by atoms with Gasteiger partial charge in [0.25, 0.3) is 0 Å². The first-order valence-corrected chi connectivity index (χ1v) is 9.65. The molecule has 0 unspecified atom stereocenters. The number of Topliss-reactive ketones (excluding diaryl/α,β-unsaturated/α-hetero) is 1. The first-order chi connectivity index (χ1) is 11.6. The zero-order valence-corrected chi connectivity index (χ0v) is 18.2. The number of rotatable bonds is 4. The number of ketones is 1. The molecule has 0 amide bonds. The highest BCUT2D eigenvalue weighted by atomic mass is 16.1. The molecule has 0 aromatic heterocycles. The van der Waals surface area contributed by atoms with Crippen molar-refractivity contribution in [3.05, 3.63) is 48.1 Å². The van der Waals surface area contributed by atoms with E-state index in [9.17, 15) is 4.79 Å². The van der Waals surface area contributed by atoms with Crippen LogP contribution in [0.4, 0.5) is 0 Å². The second kappa shape index (κ2) is 26.5. The first-order valence-electron chi connectivity index (χ1n) is 9.65. The number of carbonyl (C=O) groups excluding carboxylic acids is 1. The minimum absolute atomic E-state index is 0.381. The van der Waals surface area contributed by atoms with Gasteiger partial charge in [0.15, 0.2) is 0 Å². The van der Waals surface area contributed by atoms with Crippen molar-refractivity contribution >= 4 is 5.78 Å². The highest BCUT2D eigenvalue weighted by Crippen LogP contribution is 2.26. The van der Waals surface area contributed by atoms with Crippen LogP contribution in [-0.2, 0) is 4.79 Å². The summed E-state index contributed by atoms with van der Waals surface area (Å²) < 4.78 is 0. The SMILES string of the molecule is C=CC(=C/C)/C(C)=C\C=C/C.CC.CC.CC.CC(=O)C1CCC1. The maximum atomic E-state index is 10.4. The molecular formula is C23H44O. The lowest BCUT2D eigenvalue weighted by Gasteiger charge is -2.21. The Hall–Kier alpha value is -1.37. The van der Waals surface area contributed by atoms with Gasteiger partial charge >= 0.3 is 0 Å². The van der Waals surface area contributed by atoms with E-state index in [1.807, 2.05) is 73.6 Å². The zero-order chi connectivity index (χ0) is 20.0. The molecule has 0 bridgehead atoms. The van der Waals surface area contributed by atoms with Gasteiger partial charge in [0.2, 0.25) is 0 Å². The molecule has 24 heavy (non-hydrogen) atoms. The normalized spacial score (nSPS) is 13.4. The van der Waals surface area contributed by atoms with Gasteiger partial charge in [0.1, 0.15) is 5.78 Å². The van der Waals surface area contributed by atoms with Crippen LogP contribution >= 0.6 is 0 Å². The smallest absolute Gasteiger partial charge is 0.132 e. The van der Waals surface area contributed by atoms with Gasteiger partial charge < -0.3 is 0 Å². The first kappa shape index (κ1) is 30.5. The maximum absolute atomic E-state index is 10.4. The summed E-state index contributed by atoms with van der Waals surface area (Å²) in [6.07, 6.45) is 13.6. The maximum Gasteiger partial charge on any atom is 0.132 e. The quantitative estimate of drug-likeness (QED) is 0.474. The molecule has 142 valence electrons. The molecule has 1 nitrogen and oxygen atoms in total. The Bertz CT molecular complexity index is 352. The van der Waals surface area contributed by atoms with E-state index in [1.165, 1.54) is 17.6 Å². The monoisotopic (exact) mass is 336 g/mol. The Morgan fingerprint density at radius 2 is 1.42 bits per heavy atom. The Morgan fingerprint density at radius 3 is 1.58 bits per heavy atom. The molecule has 0 aromatic rings.